The Morgan fingerprint density at radius 1 is 1.43 bits per heavy atom. The number of hydrogen-bond donors (Lipinski definition) is 2. The van der Waals surface area contributed by atoms with Gasteiger partial charge < -0.3 is 5.73 Å². The predicted molar refractivity (Wildman–Crippen MR) is 88.8 cm³/mol. The fourth-order valence-electron chi connectivity index (χ4n) is 1.77. The van der Waals surface area contributed by atoms with Crippen molar-refractivity contribution in [2.75, 3.05) is 6.54 Å². The molecule has 0 amide bonds. The number of nitrogens with one attached hydrogen (secondary N) is 1. The molecule has 0 spiro atoms. The van der Waals surface area contributed by atoms with Crippen molar-refractivity contribution in [1.29, 1.82) is 0 Å². The molecule has 21 heavy (non-hydrogen) atoms. The Hall–Kier alpha value is -1.35. The zero-order chi connectivity index (χ0) is 15.3. The van der Waals surface area contributed by atoms with Crippen LogP contribution >= 0.6 is 23.6 Å². The van der Waals surface area contributed by atoms with Crippen molar-refractivity contribution >= 4 is 38.6 Å². The van der Waals surface area contributed by atoms with E-state index in [1.54, 1.807) is 30.5 Å². The standard InChI is InChI=1S/C13H15N3O2S3/c14-13(19)11-3-1-2-10(8-11)9-21(17,18)16-5-4-12-15-6-7-20-12/h1-3,6-8,16H,4-5,9H2,(H2,14,19). The SMILES string of the molecule is NC(=S)c1cccc(CS(=O)(=O)NCCc2nccs2)c1. The Morgan fingerprint density at radius 3 is 2.90 bits per heavy atom. The second-order valence-electron chi connectivity index (χ2n) is 4.39. The molecule has 0 aliphatic heterocycles. The van der Waals surface area contributed by atoms with E-state index < -0.39 is 10.0 Å². The van der Waals surface area contributed by atoms with Crippen LogP contribution in [0.25, 0.3) is 0 Å². The lowest BCUT2D eigenvalue weighted by atomic mass is 10.1. The van der Waals surface area contributed by atoms with E-state index in [9.17, 15) is 8.42 Å². The summed E-state index contributed by atoms with van der Waals surface area (Å²) in [5.74, 6) is -0.0959. The molecule has 2 rings (SSSR count). The fourth-order valence-corrected chi connectivity index (χ4v) is 3.66. The third-order valence-electron chi connectivity index (χ3n) is 2.71. The number of benzene rings is 1. The lowest BCUT2D eigenvalue weighted by molar-refractivity contribution is 0.580. The van der Waals surface area contributed by atoms with E-state index in [0.717, 1.165) is 5.01 Å². The van der Waals surface area contributed by atoms with Crippen molar-refractivity contribution in [3.05, 3.63) is 52.0 Å². The summed E-state index contributed by atoms with van der Waals surface area (Å²) in [5.41, 5.74) is 6.86. The van der Waals surface area contributed by atoms with Gasteiger partial charge in [0.25, 0.3) is 0 Å². The number of hydrogen-bond acceptors (Lipinski definition) is 5. The largest absolute Gasteiger partial charge is 0.389 e. The van der Waals surface area contributed by atoms with E-state index in [4.69, 9.17) is 18.0 Å². The maximum absolute atomic E-state index is 12.0. The van der Waals surface area contributed by atoms with Crippen LogP contribution in [0.4, 0.5) is 0 Å². The van der Waals surface area contributed by atoms with Gasteiger partial charge in [0.15, 0.2) is 0 Å². The summed E-state index contributed by atoms with van der Waals surface area (Å²) < 4.78 is 26.6. The molecule has 0 saturated heterocycles. The smallest absolute Gasteiger partial charge is 0.215 e. The van der Waals surface area contributed by atoms with Crippen molar-refractivity contribution in [2.45, 2.75) is 12.2 Å². The van der Waals surface area contributed by atoms with E-state index >= 15 is 0 Å². The van der Waals surface area contributed by atoms with E-state index in [1.165, 1.54) is 11.3 Å². The molecule has 0 aliphatic rings. The zero-order valence-corrected chi connectivity index (χ0v) is 13.6. The summed E-state index contributed by atoms with van der Waals surface area (Å²) in [6.45, 7) is 0.338. The number of sulfonamides is 1. The number of aromatic nitrogens is 1. The van der Waals surface area contributed by atoms with E-state index in [-0.39, 0.29) is 10.7 Å². The van der Waals surface area contributed by atoms with Gasteiger partial charge in [-0.2, -0.15) is 0 Å². The van der Waals surface area contributed by atoms with Crippen LogP contribution in [-0.2, 0) is 22.2 Å². The number of rotatable bonds is 7. The summed E-state index contributed by atoms with van der Waals surface area (Å²) in [7, 11) is -3.39. The van der Waals surface area contributed by atoms with E-state index in [2.05, 4.69) is 9.71 Å². The molecule has 0 fully saturated rings. The van der Waals surface area contributed by atoms with Gasteiger partial charge in [-0.25, -0.2) is 18.1 Å². The fraction of sp³-hybridized carbons (Fsp3) is 0.231. The van der Waals surface area contributed by atoms with Gasteiger partial charge >= 0.3 is 0 Å². The highest BCUT2D eigenvalue weighted by atomic mass is 32.2. The minimum Gasteiger partial charge on any atom is -0.389 e. The molecule has 1 aromatic heterocycles. The van der Waals surface area contributed by atoms with Crippen molar-refractivity contribution in [2.24, 2.45) is 5.73 Å². The minimum atomic E-state index is -3.39. The second kappa shape index (κ2) is 7.08. The molecule has 0 aliphatic carbocycles. The first kappa shape index (κ1) is 16.0. The molecule has 3 N–H and O–H groups in total. The van der Waals surface area contributed by atoms with Crippen molar-refractivity contribution in [3.63, 3.8) is 0 Å². The Morgan fingerprint density at radius 2 is 2.24 bits per heavy atom. The molecule has 0 radical (unpaired) electrons. The van der Waals surface area contributed by atoms with Gasteiger partial charge in [-0.05, 0) is 11.6 Å². The van der Waals surface area contributed by atoms with Crippen LogP contribution < -0.4 is 10.5 Å². The molecule has 5 nitrogen and oxygen atoms in total. The molecule has 0 atom stereocenters. The highest BCUT2D eigenvalue weighted by Gasteiger charge is 2.12. The van der Waals surface area contributed by atoms with Crippen molar-refractivity contribution < 1.29 is 8.42 Å². The summed E-state index contributed by atoms with van der Waals surface area (Å²) >= 11 is 6.39. The summed E-state index contributed by atoms with van der Waals surface area (Å²) in [6, 6.07) is 6.94. The highest BCUT2D eigenvalue weighted by Crippen LogP contribution is 2.09. The number of thiazole rings is 1. The molecule has 1 aromatic carbocycles. The minimum absolute atomic E-state index is 0.0959. The first-order valence-electron chi connectivity index (χ1n) is 6.21. The van der Waals surface area contributed by atoms with Crippen LogP contribution in [0.1, 0.15) is 16.1 Å². The molecule has 0 unspecified atom stereocenters. The zero-order valence-electron chi connectivity index (χ0n) is 11.2. The topological polar surface area (TPSA) is 85.1 Å². The number of nitrogens with zero attached hydrogens (tertiary/aromatic N) is 1. The van der Waals surface area contributed by atoms with Gasteiger partial charge in [0.05, 0.1) is 10.8 Å². The lowest BCUT2D eigenvalue weighted by Gasteiger charge is -2.07. The van der Waals surface area contributed by atoms with Gasteiger partial charge in [0.1, 0.15) is 4.99 Å². The molecule has 0 saturated carbocycles. The highest BCUT2D eigenvalue weighted by molar-refractivity contribution is 7.88. The Bertz CT molecular complexity index is 712. The molecule has 1 heterocycles. The van der Waals surface area contributed by atoms with Crippen LogP contribution in [-0.4, -0.2) is 24.9 Å². The number of nitrogens with two attached hydrogens (primary N) is 1. The van der Waals surface area contributed by atoms with Crippen LogP contribution in [0.2, 0.25) is 0 Å². The molecule has 8 heteroatoms. The van der Waals surface area contributed by atoms with Gasteiger partial charge in [-0.15, -0.1) is 11.3 Å². The first-order chi connectivity index (χ1) is 9.96. The third-order valence-corrected chi connectivity index (χ3v) is 5.14. The Kier molecular flexibility index (Phi) is 5.40. The molecule has 112 valence electrons. The third kappa shape index (κ3) is 5.16. The van der Waals surface area contributed by atoms with Crippen LogP contribution in [0, 0.1) is 0 Å². The average Bonchev–Trinajstić information content (AvgIpc) is 2.91. The first-order valence-corrected chi connectivity index (χ1v) is 9.15. The van der Waals surface area contributed by atoms with Gasteiger partial charge in [0, 0.05) is 30.1 Å². The summed E-state index contributed by atoms with van der Waals surface area (Å²) in [5, 5.41) is 2.78. The maximum atomic E-state index is 12.0. The van der Waals surface area contributed by atoms with Crippen molar-refractivity contribution in [1.82, 2.24) is 9.71 Å². The Balaban J connectivity index is 1.94. The molecular formula is C13H15N3O2S3. The van der Waals surface area contributed by atoms with Crippen LogP contribution in [0.5, 0.6) is 0 Å². The Labute approximate surface area is 133 Å². The van der Waals surface area contributed by atoms with Gasteiger partial charge in [-0.3, -0.25) is 0 Å². The van der Waals surface area contributed by atoms with E-state index in [1.807, 2.05) is 5.38 Å². The van der Waals surface area contributed by atoms with Gasteiger partial charge in [-0.1, -0.05) is 30.4 Å². The average molecular weight is 341 g/mol. The monoisotopic (exact) mass is 341 g/mol. The number of thiocarbonyl (C=S) groups is 1. The molecule has 2 aromatic rings. The second-order valence-corrected chi connectivity index (χ2v) is 7.62. The summed E-state index contributed by atoms with van der Waals surface area (Å²) in [6.07, 6.45) is 2.29. The summed E-state index contributed by atoms with van der Waals surface area (Å²) in [4.78, 5) is 4.36. The maximum Gasteiger partial charge on any atom is 0.215 e. The van der Waals surface area contributed by atoms with E-state index in [0.29, 0.717) is 24.1 Å². The quantitative estimate of drug-likeness (QED) is 0.744. The van der Waals surface area contributed by atoms with Gasteiger partial charge in [0.2, 0.25) is 10.0 Å². The van der Waals surface area contributed by atoms with Crippen LogP contribution in [0.15, 0.2) is 35.8 Å². The molecule has 0 bridgehead atoms. The lowest BCUT2D eigenvalue weighted by Crippen LogP contribution is -2.27. The van der Waals surface area contributed by atoms with Crippen LogP contribution in [0.3, 0.4) is 0 Å². The predicted octanol–water partition coefficient (Wildman–Crippen LogP) is 1.44. The normalized spacial score (nSPS) is 11.4. The van der Waals surface area contributed by atoms with Crippen molar-refractivity contribution in [3.8, 4) is 0 Å². The molecular weight excluding hydrogens is 326 g/mol.